The second-order valence-electron chi connectivity index (χ2n) is 5.65. The predicted octanol–water partition coefficient (Wildman–Crippen LogP) is 3.38. The molecule has 1 atom stereocenters. The van der Waals surface area contributed by atoms with Crippen molar-refractivity contribution >= 4 is 33.6 Å². The summed E-state index contributed by atoms with van der Waals surface area (Å²) < 4.78 is 0.876. The first-order chi connectivity index (χ1) is 9.12. The zero-order chi connectivity index (χ0) is 15.5. The molecule has 1 aromatic carbocycles. The van der Waals surface area contributed by atoms with E-state index in [0.717, 1.165) is 10.0 Å². The van der Waals surface area contributed by atoms with Gasteiger partial charge >= 0.3 is 12.0 Å². The van der Waals surface area contributed by atoms with E-state index in [1.807, 2.05) is 13.0 Å². The van der Waals surface area contributed by atoms with E-state index in [0.29, 0.717) is 5.69 Å². The Morgan fingerprint density at radius 1 is 1.30 bits per heavy atom. The molecule has 1 rings (SSSR count). The van der Waals surface area contributed by atoms with Crippen LogP contribution >= 0.6 is 15.9 Å². The third-order valence-corrected chi connectivity index (χ3v) is 3.76. The summed E-state index contributed by atoms with van der Waals surface area (Å²) in [4.78, 5) is 23.1. The van der Waals surface area contributed by atoms with Gasteiger partial charge < -0.3 is 15.7 Å². The largest absolute Gasteiger partial charge is 0.480 e. The predicted molar refractivity (Wildman–Crippen MR) is 81.9 cm³/mol. The highest BCUT2D eigenvalue weighted by molar-refractivity contribution is 9.10. The zero-order valence-electron chi connectivity index (χ0n) is 12.0. The third kappa shape index (κ3) is 4.23. The summed E-state index contributed by atoms with van der Waals surface area (Å²) in [6.07, 6.45) is 0. The van der Waals surface area contributed by atoms with Crippen LogP contribution in [0.3, 0.4) is 0 Å². The first-order valence-electron chi connectivity index (χ1n) is 6.18. The molecule has 0 fully saturated rings. The number of urea groups is 1. The van der Waals surface area contributed by atoms with Crippen molar-refractivity contribution in [1.29, 1.82) is 0 Å². The van der Waals surface area contributed by atoms with Gasteiger partial charge in [-0.25, -0.2) is 9.59 Å². The van der Waals surface area contributed by atoms with Crippen molar-refractivity contribution < 1.29 is 14.7 Å². The lowest BCUT2D eigenvalue weighted by Crippen LogP contribution is -2.50. The number of carbonyl (C=O) groups is 2. The smallest absolute Gasteiger partial charge is 0.326 e. The molecule has 1 unspecified atom stereocenters. The van der Waals surface area contributed by atoms with Gasteiger partial charge in [-0.05, 0) is 30.0 Å². The summed E-state index contributed by atoms with van der Waals surface area (Å²) in [6.45, 7) is 7.14. The Kier molecular flexibility index (Phi) is 5.16. The van der Waals surface area contributed by atoms with Gasteiger partial charge in [0.05, 0.1) is 0 Å². The zero-order valence-corrected chi connectivity index (χ0v) is 13.5. The average molecular weight is 343 g/mol. The molecule has 0 spiro atoms. The number of anilines is 1. The van der Waals surface area contributed by atoms with Gasteiger partial charge in [0.15, 0.2) is 0 Å². The number of aliphatic carboxylic acids is 1. The normalized spacial score (nSPS) is 12.7. The van der Waals surface area contributed by atoms with Gasteiger partial charge in [0.2, 0.25) is 0 Å². The minimum Gasteiger partial charge on any atom is -0.480 e. The van der Waals surface area contributed by atoms with Crippen LogP contribution in [-0.4, -0.2) is 23.1 Å². The van der Waals surface area contributed by atoms with E-state index in [1.165, 1.54) is 0 Å². The maximum absolute atomic E-state index is 11.9. The number of hydrogen-bond donors (Lipinski definition) is 3. The van der Waals surface area contributed by atoms with Crippen LogP contribution < -0.4 is 10.6 Å². The van der Waals surface area contributed by atoms with E-state index in [-0.39, 0.29) is 0 Å². The molecule has 5 nitrogen and oxygen atoms in total. The van der Waals surface area contributed by atoms with Gasteiger partial charge in [0.1, 0.15) is 6.04 Å². The van der Waals surface area contributed by atoms with E-state index >= 15 is 0 Å². The summed E-state index contributed by atoms with van der Waals surface area (Å²) in [6, 6.07) is 3.93. The van der Waals surface area contributed by atoms with Crippen LogP contribution in [0.25, 0.3) is 0 Å². The lowest BCUT2D eigenvalue weighted by Gasteiger charge is -2.27. The monoisotopic (exact) mass is 342 g/mol. The van der Waals surface area contributed by atoms with Gasteiger partial charge in [-0.1, -0.05) is 42.8 Å². The molecule has 0 aliphatic heterocycles. The van der Waals surface area contributed by atoms with E-state index < -0.39 is 23.5 Å². The number of amides is 2. The molecule has 0 aliphatic carbocycles. The van der Waals surface area contributed by atoms with Crippen molar-refractivity contribution in [3.63, 3.8) is 0 Å². The lowest BCUT2D eigenvalue weighted by atomic mass is 9.87. The second kappa shape index (κ2) is 6.26. The van der Waals surface area contributed by atoms with Crippen molar-refractivity contribution in [2.24, 2.45) is 5.41 Å². The second-order valence-corrected chi connectivity index (χ2v) is 6.50. The molecule has 2 amide bonds. The summed E-state index contributed by atoms with van der Waals surface area (Å²) >= 11 is 3.38. The summed E-state index contributed by atoms with van der Waals surface area (Å²) in [5.41, 5.74) is 0.940. The highest BCUT2D eigenvalue weighted by atomic mass is 79.9. The highest BCUT2D eigenvalue weighted by Gasteiger charge is 2.32. The molecule has 1 aromatic rings. The SMILES string of the molecule is Cc1c(Br)cccc1NC(=O)NC(C(=O)O)C(C)(C)C. The minimum absolute atomic E-state index is 0.534. The number of nitrogens with one attached hydrogen (secondary N) is 2. The Morgan fingerprint density at radius 2 is 1.90 bits per heavy atom. The number of benzene rings is 1. The lowest BCUT2D eigenvalue weighted by molar-refractivity contribution is -0.141. The Bertz CT molecular complexity index is 524. The molecule has 0 radical (unpaired) electrons. The van der Waals surface area contributed by atoms with Crippen molar-refractivity contribution in [2.75, 3.05) is 5.32 Å². The van der Waals surface area contributed by atoms with Crippen LogP contribution in [0.2, 0.25) is 0 Å². The number of halogens is 1. The van der Waals surface area contributed by atoms with E-state index in [4.69, 9.17) is 0 Å². The third-order valence-electron chi connectivity index (χ3n) is 2.90. The van der Waals surface area contributed by atoms with Crippen molar-refractivity contribution in [2.45, 2.75) is 33.7 Å². The van der Waals surface area contributed by atoms with E-state index in [2.05, 4.69) is 26.6 Å². The topological polar surface area (TPSA) is 78.4 Å². The Balaban J connectivity index is 2.82. The fourth-order valence-corrected chi connectivity index (χ4v) is 2.05. The molecule has 0 heterocycles. The number of rotatable bonds is 3. The van der Waals surface area contributed by atoms with Crippen molar-refractivity contribution in [3.8, 4) is 0 Å². The van der Waals surface area contributed by atoms with Crippen molar-refractivity contribution in [1.82, 2.24) is 5.32 Å². The summed E-state index contributed by atoms with van der Waals surface area (Å²) in [7, 11) is 0. The van der Waals surface area contributed by atoms with Gasteiger partial charge in [-0.2, -0.15) is 0 Å². The van der Waals surface area contributed by atoms with Gasteiger partial charge in [0.25, 0.3) is 0 Å². The van der Waals surface area contributed by atoms with Crippen LogP contribution in [0, 0.1) is 12.3 Å². The first-order valence-corrected chi connectivity index (χ1v) is 6.97. The molecule has 6 heteroatoms. The molecule has 0 aliphatic rings. The molecule has 3 N–H and O–H groups in total. The van der Waals surface area contributed by atoms with Crippen LogP contribution in [-0.2, 0) is 4.79 Å². The average Bonchev–Trinajstić information content (AvgIpc) is 2.30. The van der Waals surface area contributed by atoms with Gasteiger partial charge in [-0.3, -0.25) is 0 Å². The van der Waals surface area contributed by atoms with Crippen LogP contribution in [0.4, 0.5) is 10.5 Å². The maximum atomic E-state index is 11.9. The van der Waals surface area contributed by atoms with E-state index in [1.54, 1.807) is 32.9 Å². The number of carboxylic acids is 1. The first kappa shape index (κ1) is 16.5. The molecule has 20 heavy (non-hydrogen) atoms. The quantitative estimate of drug-likeness (QED) is 0.787. The summed E-state index contributed by atoms with van der Waals surface area (Å²) in [5.74, 6) is -1.06. The Morgan fingerprint density at radius 3 is 2.40 bits per heavy atom. The van der Waals surface area contributed by atoms with Crippen LogP contribution in [0.15, 0.2) is 22.7 Å². The molecule has 0 bridgehead atoms. The van der Waals surface area contributed by atoms with Crippen LogP contribution in [0.5, 0.6) is 0 Å². The molecule has 0 saturated carbocycles. The highest BCUT2D eigenvalue weighted by Crippen LogP contribution is 2.24. The van der Waals surface area contributed by atoms with Gasteiger partial charge in [-0.15, -0.1) is 0 Å². The fraction of sp³-hybridized carbons (Fsp3) is 0.429. The fourth-order valence-electron chi connectivity index (χ4n) is 1.68. The maximum Gasteiger partial charge on any atom is 0.326 e. The minimum atomic E-state index is -1.06. The van der Waals surface area contributed by atoms with Crippen molar-refractivity contribution in [3.05, 3.63) is 28.2 Å². The molecular weight excluding hydrogens is 324 g/mol. The molecular formula is C14H19BrN2O3. The van der Waals surface area contributed by atoms with Crippen LogP contribution in [0.1, 0.15) is 26.3 Å². The molecule has 0 saturated heterocycles. The Hall–Kier alpha value is -1.56. The standard InChI is InChI=1S/C14H19BrN2O3/c1-8-9(15)6-5-7-10(8)16-13(20)17-11(12(18)19)14(2,3)4/h5-7,11H,1-4H3,(H,18,19)(H2,16,17,20). The Labute approximate surface area is 126 Å². The van der Waals surface area contributed by atoms with E-state index in [9.17, 15) is 14.7 Å². The molecule has 110 valence electrons. The van der Waals surface area contributed by atoms with Gasteiger partial charge in [0, 0.05) is 10.2 Å². The number of carboxylic acid groups (broad SMARTS) is 1. The number of carbonyl (C=O) groups excluding carboxylic acids is 1. The summed E-state index contributed by atoms with van der Waals surface area (Å²) in [5, 5.41) is 14.3. The molecule has 0 aromatic heterocycles. The number of hydrogen-bond acceptors (Lipinski definition) is 2.